The van der Waals surface area contributed by atoms with Crippen LogP contribution in [0.5, 0.6) is 0 Å². The molecule has 3 aromatic rings. The largest absolute Gasteiger partial charge is 0.365 e. The molecule has 2 fully saturated rings. The topological polar surface area (TPSA) is 3.24 Å². The van der Waals surface area contributed by atoms with Gasteiger partial charge in [0.05, 0.1) is 0 Å². The second-order valence-electron chi connectivity index (χ2n) is 11.0. The predicted octanol–water partition coefficient (Wildman–Crippen LogP) is 8.88. The fourth-order valence-electron chi connectivity index (χ4n) is 5.67. The van der Waals surface area contributed by atoms with Crippen LogP contribution in [0.3, 0.4) is 0 Å². The Balaban J connectivity index is 1.22. The maximum absolute atomic E-state index is 4.62. The van der Waals surface area contributed by atoms with Gasteiger partial charge in [-0.1, -0.05) is 109 Å². The van der Waals surface area contributed by atoms with Crippen LogP contribution in [0.2, 0.25) is 0 Å². The van der Waals surface area contributed by atoms with Gasteiger partial charge in [-0.15, -0.1) is 0 Å². The predicted molar refractivity (Wildman–Crippen MR) is 159 cm³/mol. The van der Waals surface area contributed by atoms with Gasteiger partial charge in [-0.3, -0.25) is 0 Å². The van der Waals surface area contributed by atoms with Crippen molar-refractivity contribution in [1.82, 2.24) is 4.90 Å². The highest BCUT2D eigenvalue weighted by Crippen LogP contribution is 2.41. The lowest BCUT2D eigenvalue weighted by Gasteiger charge is -2.39. The molecule has 2 aliphatic carbocycles. The Morgan fingerprint density at radius 1 is 0.784 bits per heavy atom. The summed E-state index contributed by atoms with van der Waals surface area (Å²) in [5, 5.41) is 0. The van der Waals surface area contributed by atoms with Gasteiger partial charge in [0.1, 0.15) is 0 Å². The molecule has 1 nitrogen and oxygen atoms in total. The van der Waals surface area contributed by atoms with Crippen molar-refractivity contribution in [3.63, 3.8) is 0 Å². The maximum Gasteiger partial charge on any atom is 0.0371 e. The lowest BCUT2D eigenvalue weighted by atomic mass is 9.84. The molecule has 0 spiro atoms. The van der Waals surface area contributed by atoms with E-state index in [9.17, 15) is 0 Å². The molecule has 2 aliphatic rings. The number of allylic oxidation sites excluding steroid dienone is 2. The van der Waals surface area contributed by atoms with E-state index < -0.39 is 0 Å². The van der Waals surface area contributed by atoms with Crippen molar-refractivity contribution in [3.05, 3.63) is 137 Å². The molecule has 1 heteroatoms. The van der Waals surface area contributed by atoms with Gasteiger partial charge in [-0.25, -0.2) is 0 Å². The highest BCUT2D eigenvalue weighted by atomic mass is 15.2. The van der Waals surface area contributed by atoms with Crippen LogP contribution in [0.4, 0.5) is 0 Å². The summed E-state index contributed by atoms with van der Waals surface area (Å²) in [6.45, 7) is 11.2. The summed E-state index contributed by atoms with van der Waals surface area (Å²) < 4.78 is 0. The molecule has 0 saturated heterocycles. The minimum Gasteiger partial charge on any atom is -0.365 e. The van der Waals surface area contributed by atoms with E-state index in [1.165, 1.54) is 63.9 Å². The van der Waals surface area contributed by atoms with Gasteiger partial charge in [0, 0.05) is 17.8 Å². The molecule has 0 aromatic heterocycles. The zero-order chi connectivity index (χ0) is 25.6. The summed E-state index contributed by atoms with van der Waals surface area (Å²) in [6, 6.07) is 30.1. The first-order valence-corrected chi connectivity index (χ1v) is 14.1. The van der Waals surface area contributed by atoms with E-state index in [4.69, 9.17) is 0 Å². The quantitative estimate of drug-likeness (QED) is 0.276. The van der Waals surface area contributed by atoms with Crippen molar-refractivity contribution < 1.29 is 0 Å². The van der Waals surface area contributed by atoms with Crippen molar-refractivity contribution in [2.45, 2.75) is 76.8 Å². The van der Waals surface area contributed by atoms with Crippen LogP contribution in [-0.4, -0.2) is 17.0 Å². The summed E-state index contributed by atoms with van der Waals surface area (Å²) in [7, 11) is 0. The first kappa shape index (κ1) is 25.3. The Hall–Kier alpha value is -3.32. The Kier molecular flexibility index (Phi) is 8.09. The molecular formula is C36H41N. The van der Waals surface area contributed by atoms with Crippen LogP contribution in [-0.2, 0) is 19.3 Å². The minimum atomic E-state index is 0.523. The van der Waals surface area contributed by atoms with E-state index in [2.05, 4.69) is 110 Å². The standard InChI is InChI=1S/C36H41N/c1-27-12-15-31(16-13-27)17-18-32-19-21-33(22-20-32)29(3)37(35-24-25-35)36-23-14-28(2)34(26-36)11-7-10-30-8-5-4-6-9-30/h4-6,8-9,11-13,15-16,19-22,35-36H,2-3,7,10,14,17-18,23-26H2,1H3/b34-11-. The number of rotatable bonds is 10. The summed E-state index contributed by atoms with van der Waals surface area (Å²) in [6.07, 6.45) is 12.7. The first-order valence-electron chi connectivity index (χ1n) is 14.1. The fraction of sp³-hybridized carbons (Fsp3) is 0.333. The summed E-state index contributed by atoms with van der Waals surface area (Å²) >= 11 is 0. The highest BCUT2D eigenvalue weighted by Gasteiger charge is 2.36. The number of hydrogen-bond donors (Lipinski definition) is 0. The van der Waals surface area contributed by atoms with Crippen molar-refractivity contribution >= 4 is 5.70 Å². The van der Waals surface area contributed by atoms with Crippen molar-refractivity contribution in [2.24, 2.45) is 0 Å². The molecule has 0 radical (unpaired) electrons. The molecule has 5 rings (SSSR count). The third kappa shape index (κ3) is 6.72. The Morgan fingerprint density at radius 2 is 1.41 bits per heavy atom. The van der Waals surface area contributed by atoms with Gasteiger partial charge < -0.3 is 4.90 Å². The van der Waals surface area contributed by atoms with E-state index in [0.29, 0.717) is 12.1 Å². The van der Waals surface area contributed by atoms with Gasteiger partial charge in [-0.05, 0) is 92.5 Å². The van der Waals surface area contributed by atoms with Crippen molar-refractivity contribution in [3.8, 4) is 0 Å². The van der Waals surface area contributed by atoms with Gasteiger partial charge in [0.25, 0.3) is 0 Å². The molecule has 0 aliphatic heterocycles. The van der Waals surface area contributed by atoms with Gasteiger partial charge in [-0.2, -0.15) is 0 Å². The molecule has 190 valence electrons. The maximum atomic E-state index is 4.62. The van der Waals surface area contributed by atoms with Crippen LogP contribution in [0.25, 0.3) is 5.70 Å². The Morgan fingerprint density at radius 3 is 2.05 bits per heavy atom. The third-order valence-electron chi connectivity index (χ3n) is 8.11. The fourth-order valence-corrected chi connectivity index (χ4v) is 5.67. The van der Waals surface area contributed by atoms with Gasteiger partial charge in [0.15, 0.2) is 0 Å². The summed E-state index contributed by atoms with van der Waals surface area (Å²) in [5.74, 6) is 0. The van der Waals surface area contributed by atoms with Crippen LogP contribution < -0.4 is 0 Å². The summed E-state index contributed by atoms with van der Waals surface area (Å²) in [4.78, 5) is 2.67. The zero-order valence-corrected chi connectivity index (χ0v) is 22.5. The Bertz CT molecular complexity index is 1230. The molecule has 0 amide bonds. The van der Waals surface area contributed by atoms with Crippen LogP contribution in [0.1, 0.15) is 66.3 Å². The van der Waals surface area contributed by atoms with Gasteiger partial charge in [0.2, 0.25) is 0 Å². The normalized spacial score (nSPS) is 18.7. The van der Waals surface area contributed by atoms with Crippen LogP contribution >= 0.6 is 0 Å². The molecule has 0 bridgehead atoms. The molecule has 1 unspecified atom stereocenters. The minimum absolute atomic E-state index is 0.523. The van der Waals surface area contributed by atoms with Crippen molar-refractivity contribution in [2.75, 3.05) is 0 Å². The number of nitrogens with zero attached hydrogens (tertiary/aromatic N) is 1. The van der Waals surface area contributed by atoms with E-state index in [1.54, 1.807) is 0 Å². The molecule has 0 heterocycles. The monoisotopic (exact) mass is 487 g/mol. The van der Waals surface area contributed by atoms with E-state index in [-0.39, 0.29) is 0 Å². The second kappa shape index (κ2) is 11.8. The smallest absolute Gasteiger partial charge is 0.0371 e. The Labute approximate surface area is 224 Å². The average molecular weight is 488 g/mol. The van der Waals surface area contributed by atoms with E-state index in [1.807, 2.05) is 0 Å². The lowest BCUT2D eigenvalue weighted by molar-refractivity contribution is 0.259. The lowest BCUT2D eigenvalue weighted by Crippen LogP contribution is -2.37. The molecule has 1 atom stereocenters. The summed E-state index contributed by atoms with van der Waals surface area (Å²) in [5.41, 5.74) is 10.8. The third-order valence-corrected chi connectivity index (χ3v) is 8.11. The second-order valence-corrected chi connectivity index (χ2v) is 11.0. The first-order chi connectivity index (χ1) is 18.1. The average Bonchev–Trinajstić information content (AvgIpc) is 3.76. The van der Waals surface area contributed by atoms with Crippen LogP contribution in [0.15, 0.2) is 109 Å². The molecule has 37 heavy (non-hydrogen) atoms. The van der Waals surface area contributed by atoms with Gasteiger partial charge >= 0.3 is 0 Å². The molecular weight excluding hydrogens is 446 g/mol. The number of aryl methyl sites for hydroxylation is 4. The van der Waals surface area contributed by atoms with E-state index in [0.717, 1.165) is 38.5 Å². The number of benzene rings is 3. The van der Waals surface area contributed by atoms with Crippen LogP contribution in [0, 0.1) is 6.92 Å². The molecule has 0 N–H and O–H groups in total. The number of hydrogen-bond acceptors (Lipinski definition) is 1. The zero-order valence-electron chi connectivity index (χ0n) is 22.5. The molecule has 3 aromatic carbocycles. The molecule has 2 saturated carbocycles. The van der Waals surface area contributed by atoms with E-state index >= 15 is 0 Å². The van der Waals surface area contributed by atoms with Crippen molar-refractivity contribution in [1.29, 1.82) is 0 Å². The SMILES string of the molecule is C=C1CCC(N(C(=C)c2ccc(CCc3ccc(C)cc3)cc2)C2CC2)C/C1=C/CCc1ccccc1. The highest BCUT2D eigenvalue weighted by molar-refractivity contribution is 5.63.